The quantitative estimate of drug-likeness (QED) is 0.781. The van der Waals surface area contributed by atoms with E-state index in [1.54, 1.807) is 36.1 Å². The molecule has 0 amide bonds. The molecule has 0 fully saturated rings. The minimum Gasteiger partial charge on any atom is -0.507 e. The summed E-state index contributed by atoms with van der Waals surface area (Å²) >= 11 is 0. The fourth-order valence-corrected chi connectivity index (χ4v) is 1.60. The summed E-state index contributed by atoms with van der Waals surface area (Å²) < 4.78 is 1.65. The lowest BCUT2D eigenvalue weighted by molar-refractivity contribution is 0.101. The van der Waals surface area contributed by atoms with Crippen LogP contribution in [0.1, 0.15) is 17.3 Å². The van der Waals surface area contributed by atoms with Gasteiger partial charge in [0.05, 0.1) is 5.69 Å². The van der Waals surface area contributed by atoms with Crippen molar-refractivity contribution in [3.8, 4) is 17.0 Å². The molecule has 0 aliphatic carbocycles. The lowest BCUT2D eigenvalue weighted by Gasteiger charge is -2.06. The Hall–Kier alpha value is -2.10. The molecule has 0 bridgehead atoms. The van der Waals surface area contributed by atoms with Crippen molar-refractivity contribution in [2.24, 2.45) is 7.05 Å². The van der Waals surface area contributed by atoms with Gasteiger partial charge in [-0.3, -0.25) is 9.48 Å². The first-order chi connectivity index (χ1) is 7.59. The molecule has 2 aromatic rings. The highest BCUT2D eigenvalue weighted by atomic mass is 16.3. The van der Waals surface area contributed by atoms with Crippen LogP contribution in [0.15, 0.2) is 30.5 Å². The predicted octanol–water partition coefficient (Wildman–Crippen LogP) is 2.00. The molecule has 1 heterocycles. The summed E-state index contributed by atoms with van der Waals surface area (Å²) in [7, 11) is 1.79. The van der Waals surface area contributed by atoms with Crippen LogP contribution < -0.4 is 0 Å². The molecular weight excluding hydrogens is 204 g/mol. The van der Waals surface area contributed by atoms with Gasteiger partial charge in [-0.15, -0.1) is 0 Å². The Kier molecular flexibility index (Phi) is 2.48. The third kappa shape index (κ3) is 1.69. The zero-order chi connectivity index (χ0) is 11.7. The monoisotopic (exact) mass is 216 g/mol. The second kappa shape index (κ2) is 3.81. The summed E-state index contributed by atoms with van der Waals surface area (Å²) in [5, 5.41) is 13.8. The molecule has 0 saturated heterocycles. The average molecular weight is 216 g/mol. The second-order valence-electron chi connectivity index (χ2n) is 3.63. The molecular formula is C12H12N2O2. The molecule has 0 spiro atoms. The zero-order valence-corrected chi connectivity index (χ0v) is 9.14. The number of ketones is 1. The normalized spacial score (nSPS) is 10.4. The van der Waals surface area contributed by atoms with Gasteiger partial charge in [-0.05, 0) is 31.2 Å². The number of aryl methyl sites for hydroxylation is 1. The Labute approximate surface area is 93.1 Å². The molecule has 16 heavy (non-hydrogen) atoms. The summed E-state index contributed by atoms with van der Waals surface area (Å²) in [5.41, 5.74) is 1.97. The van der Waals surface area contributed by atoms with Crippen LogP contribution in [0, 0.1) is 0 Å². The van der Waals surface area contributed by atoms with E-state index in [1.165, 1.54) is 13.0 Å². The number of carbonyl (C=O) groups is 1. The topological polar surface area (TPSA) is 55.1 Å². The maximum absolute atomic E-state index is 11.3. The van der Waals surface area contributed by atoms with Crippen molar-refractivity contribution < 1.29 is 9.90 Å². The summed E-state index contributed by atoms with van der Waals surface area (Å²) in [6.45, 7) is 1.50. The Balaban J connectivity index is 2.60. The third-order valence-electron chi connectivity index (χ3n) is 2.50. The molecule has 4 heteroatoms. The molecule has 4 nitrogen and oxygen atoms in total. The van der Waals surface area contributed by atoms with Gasteiger partial charge < -0.3 is 5.11 Å². The van der Waals surface area contributed by atoms with Crippen LogP contribution in [0.4, 0.5) is 0 Å². The van der Waals surface area contributed by atoms with Crippen molar-refractivity contribution in [1.29, 1.82) is 0 Å². The summed E-state index contributed by atoms with van der Waals surface area (Å²) in [5.74, 6) is 0.122. The van der Waals surface area contributed by atoms with Crippen molar-refractivity contribution >= 4 is 5.78 Å². The molecule has 0 aliphatic rings. The highest BCUT2D eigenvalue weighted by molar-refractivity contribution is 5.95. The molecule has 0 saturated carbocycles. The first kappa shape index (κ1) is 10.4. The standard InChI is InChI=1S/C12H12N2O2/c1-8(15)9-3-4-12(16)10(7-9)11-5-6-13-14(11)2/h3-7,16H,1-2H3. The maximum Gasteiger partial charge on any atom is 0.159 e. The van der Waals surface area contributed by atoms with E-state index in [1.807, 2.05) is 0 Å². The number of phenols is 1. The van der Waals surface area contributed by atoms with Crippen LogP contribution in [0.5, 0.6) is 5.75 Å². The number of rotatable bonds is 2. The lowest BCUT2D eigenvalue weighted by Crippen LogP contribution is -1.96. The van der Waals surface area contributed by atoms with Gasteiger partial charge in [0, 0.05) is 24.4 Å². The summed E-state index contributed by atoms with van der Waals surface area (Å²) in [6, 6.07) is 6.60. The Morgan fingerprint density at radius 1 is 1.38 bits per heavy atom. The molecule has 1 aromatic heterocycles. The van der Waals surface area contributed by atoms with E-state index >= 15 is 0 Å². The maximum atomic E-state index is 11.3. The number of phenolic OH excluding ortho intramolecular Hbond substituents is 1. The lowest BCUT2D eigenvalue weighted by atomic mass is 10.0. The SMILES string of the molecule is CC(=O)c1ccc(O)c(-c2ccnn2C)c1. The largest absolute Gasteiger partial charge is 0.507 e. The number of aromatic nitrogens is 2. The van der Waals surface area contributed by atoms with E-state index in [0.717, 1.165) is 5.69 Å². The van der Waals surface area contributed by atoms with Gasteiger partial charge in [0.15, 0.2) is 5.78 Å². The smallest absolute Gasteiger partial charge is 0.159 e. The average Bonchev–Trinajstić information content (AvgIpc) is 2.65. The Bertz CT molecular complexity index is 544. The van der Waals surface area contributed by atoms with E-state index in [2.05, 4.69) is 5.10 Å². The van der Waals surface area contributed by atoms with Gasteiger partial charge in [-0.1, -0.05) is 0 Å². The highest BCUT2D eigenvalue weighted by Gasteiger charge is 2.10. The van der Waals surface area contributed by atoms with Gasteiger partial charge in [0.2, 0.25) is 0 Å². The third-order valence-corrected chi connectivity index (χ3v) is 2.50. The molecule has 0 aliphatic heterocycles. The van der Waals surface area contributed by atoms with Gasteiger partial charge in [-0.2, -0.15) is 5.10 Å². The van der Waals surface area contributed by atoms with E-state index in [-0.39, 0.29) is 11.5 Å². The van der Waals surface area contributed by atoms with Gasteiger partial charge in [0.25, 0.3) is 0 Å². The minimum atomic E-state index is -0.0246. The Morgan fingerprint density at radius 3 is 2.69 bits per heavy atom. The number of carbonyl (C=O) groups excluding carboxylic acids is 1. The van der Waals surface area contributed by atoms with Gasteiger partial charge >= 0.3 is 0 Å². The Morgan fingerprint density at radius 2 is 2.12 bits per heavy atom. The molecule has 0 atom stereocenters. The minimum absolute atomic E-state index is 0.0246. The number of nitrogens with zero attached hydrogens (tertiary/aromatic N) is 2. The molecule has 2 rings (SSSR count). The van der Waals surface area contributed by atoms with Crippen LogP contribution in [0.3, 0.4) is 0 Å². The molecule has 0 unspecified atom stereocenters. The van der Waals surface area contributed by atoms with Gasteiger partial charge in [0.1, 0.15) is 5.75 Å². The molecule has 1 aromatic carbocycles. The molecule has 0 radical (unpaired) electrons. The fourth-order valence-electron chi connectivity index (χ4n) is 1.60. The number of hydrogen-bond donors (Lipinski definition) is 1. The highest BCUT2D eigenvalue weighted by Crippen LogP contribution is 2.29. The fraction of sp³-hybridized carbons (Fsp3) is 0.167. The van der Waals surface area contributed by atoms with Crippen LogP contribution >= 0.6 is 0 Å². The van der Waals surface area contributed by atoms with Crippen LogP contribution in [0.25, 0.3) is 11.3 Å². The zero-order valence-electron chi connectivity index (χ0n) is 9.14. The van der Waals surface area contributed by atoms with Crippen LogP contribution in [-0.4, -0.2) is 20.7 Å². The van der Waals surface area contributed by atoms with E-state index in [4.69, 9.17) is 0 Å². The molecule has 82 valence electrons. The van der Waals surface area contributed by atoms with Crippen molar-refractivity contribution in [3.63, 3.8) is 0 Å². The first-order valence-corrected chi connectivity index (χ1v) is 4.92. The molecule has 1 N–H and O–H groups in total. The van der Waals surface area contributed by atoms with Crippen molar-refractivity contribution in [2.45, 2.75) is 6.92 Å². The summed E-state index contributed by atoms with van der Waals surface area (Å²) in [6.07, 6.45) is 1.65. The van der Waals surface area contributed by atoms with E-state index in [9.17, 15) is 9.90 Å². The van der Waals surface area contributed by atoms with Crippen molar-refractivity contribution in [3.05, 3.63) is 36.0 Å². The number of hydrogen-bond acceptors (Lipinski definition) is 3. The van der Waals surface area contributed by atoms with Crippen molar-refractivity contribution in [2.75, 3.05) is 0 Å². The van der Waals surface area contributed by atoms with Crippen LogP contribution in [0.2, 0.25) is 0 Å². The van der Waals surface area contributed by atoms with Crippen LogP contribution in [-0.2, 0) is 7.05 Å². The number of benzene rings is 1. The van der Waals surface area contributed by atoms with Crippen molar-refractivity contribution in [1.82, 2.24) is 9.78 Å². The van der Waals surface area contributed by atoms with E-state index < -0.39 is 0 Å². The first-order valence-electron chi connectivity index (χ1n) is 4.92. The summed E-state index contributed by atoms with van der Waals surface area (Å²) in [4.78, 5) is 11.3. The second-order valence-corrected chi connectivity index (χ2v) is 3.63. The van der Waals surface area contributed by atoms with Gasteiger partial charge in [-0.25, -0.2) is 0 Å². The van der Waals surface area contributed by atoms with E-state index in [0.29, 0.717) is 11.1 Å². The number of aromatic hydroxyl groups is 1. The number of Topliss-reactive ketones (excluding diaryl/α,β-unsaturated/α-hetero) is 1. The predicted molar refractivity (Wildman–Crippen MR) is 60.3 cm³/mol.